The number of hydrogen-bond acceptors (Lipinski definition) is 3. The Morgan fingerprint density at radius 2 is 2.05 bits per heavy atom. The van der Waals surface area contributed by atoms with Crippen LogP contribution in [0.3, 0.4) is 0 Å². The van der Waals surface area contributed by atoms with Gasteiger partial charge in [-0.1, -0.05) is 30.3 Å². The number of sulfonamides is 1. The highest BCUT2D eigenvalue weighted by atomic mass is 32.2. The molecule has 20 heavy (non-hydrogen) atoms. The fourth-order valence-corrected chi connectivity index (χ4v) is 3.59. The van der Waals surface area contributed by atoms with E-state index < -0.39 is 10.0 Å². The van der Waals surface area contributed by atoms with E-state index in [1.54, 1.807) is 11.2 Å². The molecular weight excluding hydrogens is 274 g/mol. The van der Waals surface area contributed by atoms with Crippen LogP contribution in [0.2, 0.25) is 0 Å². The Hall–Kier alpha value is -0.910. The molecule has 0 aromatic heterocycles. The molecule has 5 heteroatoms. The quantitative estimate of drug-likeness (QED) is 0.807. The van der Waals surface area contributed by atoms with Crippen LogP contribution in [0, 0.1) is 0 Å². The minimum atomic E-state index is -3.08. The predicted molar refractivity (Wildman–Crippen MR) is 80.2 cm³/mol. The van der Waals surface area contributed by atoms with Crippen LogP contribution in [0.1, 0.15) is 25.3 Å². The summed E-state index contributed by atoms with van der Waals surface area (Å²) >= 11 is 0. The van der Waals surface area contributed by atoms with Gasteiger partial charge in [0.15, 0.2) is 0 Å². The van der Waals surface area contributed by atoms with Crippen LogP contribution < -0.4 is 0 Å². The SMILES string of the molecule is CCS(=O)(=O)N1CCOC(CCCc2ccccc2)C1. The van der Waals surface area contributed by atoms with Crippen LogP contribution >= 0.6 is 0 Å². The first kappa shape index (κ1) is 15.5. The van der Waals surface area contributed by atoms with Crippen LogP contribution in [0.25, 0.3) is 0 Å². The molecule has 1 aliphatic rings. The van der Waals surface area contributed by atoms with Crippen molar-refractivity contribution in [2.24, 2.45) is 0 Å². The maximum Gasteiger partial charge on any atom is 0.213 e. The van der Waals surface area contributed by atoms with Gasteiger partial charge >= 0.3 is 0 Å². The molecule has 0 amide bonds. The molecule has 112 valence electrons. The summed E-state index contributed by atoms with van der Waals surface area (Å²) in [5, 5.41) is 0. The molecule has 1 fully saturated rings. The third-order valence-electron chi connectivity index (χ3n) is 3.69. The molecule has 1 aromatic carbocycles. The third-order valence-corrected chi connectivity index (χ3v) is 5.54. The average molecular weight is 297 g/mol. The van der Waals surface area contributed by atoms with Crippen molar-refractivity contribution in [3.8, 4) is 0 Å². The molecule has 0 N–H and O–H groups in total. The van der Waals surface area contributed by atoms with Crippen LogP contribution in [-0.4, -0.2) is 44.3 Å². The third kappa shape index (κ3) is 4.30. The highest BCUT2D eigenvalue weighted by molar-refractivity contribution is 7.89. The van der Waals surface area contributed by atoms with Crippen molar-refractivity contribution in [2.75, 3.05) is 25.4 Å². The molecule has 2 rings (SSSR count). The fourth-order valence-electron chi connectivity index (χ4n) is 2.48. The van der Waals surface area contributed by atoms with Gasteiger partial charge in [0, 0.05) is 13.1 Å². The van der Waals surface area contributed by atoms with Crippen molar-refractivity contribution in [1.29, 1.82) is 0 Å². The summed E-state index contributed by atoms with van der Waals surface area (Å²) in [6, 6.07) is 10.3. The minimum Gasteiger partial charge on any atom is -0.375 e. The lowest BCUT2D eigenvalue weighted by molar-refractivity contribution is -0.00635. The van der Waals surface area contributed by atoms with E-state index >= 15 is 0 Å². The molecule has 0 saturated carbocycles. The van der Waals surface area contributed by atoms with E-state index in [2.05, 4.69) is 12.1 Å². The molecule has 1 aliphatic heterocycles. The van der Waals surface area contributed by atoms with Gasteiger partial charge in [-0.05, 0) is 31.7 Å². The van der Waals surface area contributed by atoms with Crippen LogP contribution in [0.4, 0.5) is 0 Å². The van der Waals surface area contributed by atoms with Crippen LogP contribution in [0.5, 0.6) is 0 Å². The summed E-state index contributed by atoms with van der Waals surface area (Å²) in [7, 11) is -3.08. The summed E-state index contributed by atoms with van der Waals surface area (Å²) in [6.45, 7) is 3.20. The van der Waals surface area contributed by atoms with Crippen LogP contribution in [-0.2, 0) is 21.2 Å². The zero-order valence-electron chi connectivity index (χ0n) is 12.0. The highest BCUT2D eigenvalue weighted by Gasteiger charge is 2.27. The number of morpholine rings is 1. The van der Waals surface area contributed by atoms with Crippen molar-refractivity contribution in [3.63, 3.8) is 0 Å². The van der Waals surface area contributed by atoms with E-state index in [4.69, 9.17) is 4.74 Å². The second-order valence-corrected chi connectivity index (χ2v) is 7.39. The first-order chi connectivity index (χ1) is 9.62. The van der Waals surface area contributed by atoms with Crippen molar-refractivity contribution in [1.82, 2.24) is 4.31 Å². The molecular formula is C15H23NO3S. The van der Waals surface area contributed by atoms with Gasteiger partial charge in [0.25, 0.3) is 0 Å². The first-order valence-corrected chi connectivity index (χ1v) is 8.86. The highest BCUT2D eigenvalue weighted by Crippen LogP contribution is 2.15. The maximum absolute atomic E-state index is 11.9. The Labute approximate surface area is 121 Å². The minimum absolute atomic E-state index is 0.0359. The van der Waals surface area contributed by atoms with E-state index in [1.165, 1.54) is 5.56 Å². The smallest absolute Gasteiger partial charge is 0.213 e. The van der Waals surface area contributed by atoms with E-state index in [0.717, 1.165) is 19.3 Å². The van der Waals surface area contributed by atoms with Gasteiger partial charge < -0.3 is 4.74 Å². The zero-order valence-corrected chi connectivity index (χ0v) is 12.8. The number of nitrogens with zero attached hydrogens (tertiary/aromatic N) is 1. The summed E-state index contributed by atoms with van der Waals surface area (Å²) in [4.78, 5) is 0. The molecule has 0 spiro atoms. The average Bonchev–Trinajstić information content (AvgIpc) is 2.49. The summed E-state index contributed by atoms with van der Waals surface area (Å²) in [5.41, 5.74) is 1.32. The lowest BCUT2D eigenvalue weighted by Crippen LogP contribution is -2.46. The monoisotopic (exact) mass is 297 g/mol. The number of aryl methyl sites for hydroxylation is 1. The van der Waals surface area contributed by atoms with Crippen molar-refractivity contribution in [3.05, 3.63) is 35.9 Å². The Morgan fingerprint density at radius 3 is 2.75 bits per heavy atom. The molecule has 0 radical (unpaired) electrons. The van der Waals surface area contributed by atoms with Crippen molar-refractivity contribution in [2.45, 2.75) is 32.3 Å². The zero-order chi connectivity index (χ0) is 14.4. The predicted octanol–water partition coefficient (Wildman–Crippen LogP) is 2.06. The van der Waals surface area contributed by atoms with Crippen molar-refractivity contribution >= 4 is 10.0 Å². The van der Waals surface area contributed by atoms with Crippen molar-refractivity contribution < 1.29 is 13.2 Å². The lowest BCUT2D eigenvalue weighted by Gasteiger charge is -2.32. The van der Waals surface area contributed by atoms with Gasteiger partial charge in [0.05, 0.1) is 18.5 Å². The van der Waals surface area contributed by atoms with Gasteiger partial charge in [-0.15, -0.1) is 0 Å². The van der Waals surface area contributed by atoms with Crippen LogP contribution in [0.15, 0.2) is 30.3 Å². The molecule has 0 aliphatic carbocycles. The van der Waals surface area contributed by atoms with E-state index in [9.17, 15) is 8.42 Å². The lowest BCUT2D eigenvalue weighted by atomic mass is 10.1. The van der Waals surface area contributed by atoms with E-state index in [-0.39, 0.29) is 11.9 Å². The standard InChI is InChI=1S/C15H23NO3S/c1-2-20(17,18)16-11-12-19-15(13-16)10-6-9-14-7-4-3-5-8-14/h3-5,7-8,15H,2,6,9-13H2,1H3. The van der Waals surface area contributed by atoms with E-state index in [0.29, 0.717) is 19.7 Å². The molecule has 4 nitrogen and oxygen atoms in total. The number of rotatable bonds is 6. The van der Waals surface area contributed by atoms with Gasteiger partial charge in [0.1, 0.15) is 0 Å². The normalized spacial score (nSPS) is 20.9. The Bertz CT molecular complexity index is 501. The molecule has 1 saturated heterocycles. The molecule has 0 bridgehead atoms. The van der Waals surface area contributed by atoms with E-state index in [1.807, 2.05) is 18.2 Å². The van der Waals surface area contributed by atoms with Gasteiger partial charge in [-0.3, -0.25) is 0 Å². The summed E-state index contributed by atoms with van der Waals surface area (Å²) in [6.07, 6.45) is 2.98. The second kappa shape index (κ2) is 7.20. The number of benzene rings is 1. The number of hydrogen-bond donors (Lipinski definition) is 0. The van der Waals surface area contributed by atoms with Gasteiger partial charge in [-0.25, -0.2) is 8.42 Å². The first-order valence-electron chi connectivity index (χ1n) is 7.25. The largest absolute Gasteiger partial charge is 0.375 e. The fraction of sp³-hybridized carbons (Fsp3) is 0.600. The Morgan fingerprint density at radius 1 is 1.30 bits per heavy atom. The Balaban J connectivity index is 1.79. The molecule has 1 unspecified atom stereocenters. The summed E-state index contributed by atoms with van der Waals surface area (Å²) < 4.78 is 31.0. The molecule has 1 atom stereocenters. The van der Waals surface area contributed by atoms with Gasteiger partial charge in [-0.2, -0.15) is 4.31 Å². The maximum atomic E-state index is 11.9. The topological polar surface area (TPSA) is 46.6 Å². The van der Waals surface area contributed by atoms with Gasteiger partial charge in [0.2, 0.25) is 10.0 Å². The summed E-state index contributed by atoms with van der Waals surface area (Å²) in [5.74, 6) is 0.170. The molecule has 1 aromatic rings. The second-order valence-electron chi connectivity index (χ2n) is 5.13. The molecule has 1 heterocycles. The number of ether oxygens (including phenoxy) is 1. The Kier molecular flexibility index (Phi) is 5.57.